The van der Waals surface area contributed by atoms with Crippen molar-refractivity contribution in [3.63, 3.8) is 0 Å². The summed E-state index contributed by atoms with van der Waals surface area (Å²) >= 11 is 8.12. The van der Waals surface area contributed by atoms with E-state index in [0.717, 1.165) is 32.5 Å². The Bertz CT molecular complexity index is 1090. The molecule has 2 aromatic carbocycles. The molecule has 1 fully saturated rings. The molecule has 1 saturated heterocycles. The first-order valence-electron chi connectivity index (χ1n) is 8.81. The number of hydrogen-bond acceptors (Lipinski definition) is 4. The van der Waals surface area contributed by atoms with E-state index >= 15 is 0 Å². The molecule has 1 aliphatic rings. The number of guanidine groups is 1. The monoisotopic (exact) mass is 413 g/mol. The molecule has 3 aromatic rings. The summed E-state index contributed by atoms with van der Waals surface area (Å²) in [5.74, 6) is 0.783. The van der Waals surface area contributed by atoms with Gasteiger partial charge in [-0.05, 0) is 48.2 Å². The number of halogens is 1. The summed E-state index contributed by atoms with van der Waals surface area (Å²) in [6.45, 7) is 1.96. The van der Waals surface area contributed by atoms with Crippen molar-refractivity contribution in [2.45, 2.75) is 18.9 Å². The first kappa shape index (κ1) is 18.8. The van der Waals surface area contributed by atoms with Crippen LogP contribution in [-0.4, -0.2) is 30.9 Å². The average molecular weight is 414 g/mol. The Labute approximate surface area is 172 Å². The number of carbonyl (C=O) groups is 1. The van der Waals surface area contributed by atoms with E-state index in [1.54, 1.807) is 25.5 Å². The number of carbonyl (C=O) groups excluding carboxylic acids is 1. The molecule has 1 aromatic heterocycles. The lowest BCUT2D eigenvalue weighted by molar-refractivity contribution is -0.129. The Morgan fingerprint density at radius 2 is 2.04 bits per heavy atom. The van der Waals surface area contributed by atoms with Crippen LogP contribution in [0.4, 0.5) is 0 Å². The fourth-order valence-electron chi connectivity index (χ4n) is 3.53. The van der Waals surface area contributed by atoms with E-state index in [1.165, 1.54) is 4.90 Å². The summed E-state index contributed by atoms with van der Waals surface area (Å²) in [6.07, 6.45) is 0.288. The van der Waals surface area contributed by atoms with Crippen LogP contribution in [0.2, 0.25) is 5.02 Å². The summed E-state index contributed by atoms with van der Waals surface area (Å²) in [7, 11) is 3.25. The summed E-state index contributed by atoms with van der Waals surface area (Å²) in [6, 6.07) is 11.8. The fourth-order valence-corrected chi connectivity index (χ4v) is 4.69. The maximum Gasteiger partial charge on any atom is 0.231 e. The van der Waals surface area contributed by atoms with Crippen molar-refractivity contribution in [2.24, 2.45) is 0 Å². The van der Waals surface area contributed by atoms with Gasteiger partial charge in [-0.3, -0.25) is 15.1 Å². The number of nitrogens with one attached hydrogen (secondary N) is 2. The first-order valence-corrected chi connectivity index (χ1v) is 10.1. The quantitative estimate of drug-likeness (QED) is 0.646. The molecule has 5 nitrogen and oxygen atoms in total. The van der Waals surface area contributed by atoms with Gasteiger partial charge >= 0.3 is 0 Å². The van der Waals surface area contributed by atoms with Gasteiger partial charge in [0.2, 0.25) is 5.91 Å². The van der Waals surface area contributed by atoms with Crippen molar-refractivity contribution in [1.29, 1.82) is 5.41 Å². The number of amides is 1. The number of rotatable bonds is 3. The second-order valence-corrected chi connectivity index (χ2v) is 8.46. The van der Waals surface area contributed by atoms with Gasteiger partial charge in [0.25, 0.3) is 0 Å². The van der Waals surface area contributed by atoms with E-state index < -0.39 is 5.54 Å². The summed E-state index contributed by atoms with van der Waals surface area (Å²) in [4.78, 5) is 13.7. The molecular weight excluding hydrogens is 394 g/mol. The number of ether oxygens (including phenoxy) is 1. The second-order valence-electron chi connectivity index (χ2n) is 7.14. The normalized spacial score (nSPS) is 19.8. The predicted molar refractivity (Wildman–Crippen MR) is 114 cm³/mol. The smallest absolute Gasteiger partial charge is 0.231 e. The minimum Gasteiger partial charge on any atom is -0.497 e. The number of fused-ring (bicyclic) bond motifs is 1. The Hall–Kier alpha value is -2.57. The third-order valence-electron chi connectivity index (χ3n) is 5.28. The third kappa shape index (κ3) is 3.02. The van der Waals surface area contributed by atoms with Crippen LogP contribution in [0, 0.1) is 5.41 Å². The number of thiophene rings is 1. The highest BCUT2D eigenvalue weighted by molar-refractivity contribution is 7.17. The van der Waals surface area contributed by atoms with Crippen LogP contribution in [-0.2, 0) is 10.3 Å². The van der Waals surface area contributed by atoms with E-state index in [-0.39, 0.29) is 18.3 Å². The fraction of sp³-hybridized carbons (Fsp3) is 0.238. The zero-order valence-corrected chi connectivity index (χ0v) is 17.4. The summed E-state index contributed by atoms with van der Waals surface area (Å²) in [5, 5.41) is 15.1. The molecule has 1 aliphatic heterocycles. The third-order valence-corrected chi connectivity index (χ3v) is 6.58. The molecule has 28 heavy (non-hydrogen) atoms. The van der Waals surface area contributed by atoms with Crippen LogP contribution >= 0.6 is 22.9 Å². The van der Waals surface area contributed by atoms with E-state index in [1.807, 2.05) is 31.2 Å². The van der Waals surface area contributed by atoms with E-state index in [4.69, 9.17) is 21.7 Å². The van der Waals surface area contributed by atoms with Crippen molar-refractivity contribution in [3.8, 4) is 16.9 Å². The van der Waals surface area contributed by atoms with Crippen LogP contribution in [0.25, 0.3) is 21.2 Å². The molecule has 0 spiro atoms. The Kier molecular flexibility index (Phi) is 4.56. The summed E-state index contributed by atoms with van der Waals surface area (Å²) in [5.41, 5.74) is 2.27. The Morgan fingerprint density at radius 3 is 2.75 bits per heavy atom. The van der Waals surface area contributed by atoms with Gasteiger partial charge < -0.3 is 10.1 Å². The highest BCUT2D eigenvalue weighted by atomic mass is 35.5. The van der Waals surface area contributed by atoms with Crippen LogP contribution in [0.5, 0.6) is 5.75 Å². The largest absolute Gasteiger partial charge is 0.497 e. The maximum atomic E-state index is 12.3. The lowest BCUT2D eigenvalue weighted by Gasteiger charge is -2.39. The van der Waals surface area contributed by atoms with Crippen molar-refractivity contribution >= 4 is 44.9 Å². The zero-order valence-electron chi connectivity index (χ0n) is 15.8. The molecule has 1 amide bonds. The molecule has 0 bridgehead atoms. The van der Waals surface area contributed by atoms with Gasteiger partial charge in [-0.2, -0.15) is 0 Å². The first-order chi connectivity index (χ1) is 13.3. The molecule has 144 valence electrons. The van der Waals surface area contributed by atoms with Gasteiger partial charge in [-0.15, -0.1) is 11.3 Å². The molecule has 0 unspecified atom stereocenters. The van der Waals surface area contributed by atoms with Gasteiger partial charge in [0.15, 0.2) is 5.96 Å². The molecule has 2 N–H and O–H groups in total. The van der Waals surface area contributed by atoms with E-state index in [9.17, 15) is 4.79 Å². The van der Waals surface area contributed by atoms with Crippen LogP contribution in [0.1, 0.15) is 18.9 Å². The lowest BCUT2D eigenvalue weighted by atomic mass is 9.85. The van der Waals surface area contributed by atoms with Crippen molar-refractivity contribution in [3.05, 3.63) is 52.4 Å². The predicted octanol–water partition coefficient (Wildman–Crippen LogP) is 4.83. The van der Waals surface area contributed by atoms with Gasteiger partial charge in [0.1, 0.15) is 5.75 Å². The highest BCUT2D eigenvalue weighted by Gasteiger charge is 2.38. The number of benzene rings is 2. The van der Waals surface area contributed by atoms with Crippen LogP contribution in [0.3, 0.4) is 0 Å². The van der Waals surface area contributed by atoms with E-state index in [2.05, 4.69) is 22.8 Å². The van der Waals surface area contributed by atoms with Crippen LogP contribution < -0.4 is 10.1 Å². The molecule has 0 saturated carbocycles. The average Bonchev–Trinajstić information content (AvgIpc) is 3.09. The minimum absolute atomic E-state index is 0.0762. The van der Waals surface area contributed by atoms with Crippen molar-refractivity contribution < 1.29 is 9.53 Å². The van der Waals surface area contributed by atoms with Gasteiger partial charge in [0.05, 0.1) is 19.1 Å². The number of nitrogens with zero attached hydrogens (tertiary/aromatic N) is 1. The van der Waals surface area contributed by atoms with Crippen molar-refractivity contribution in [1.82, 2.24) is 10.2 Å². The molecule has 4 rings (SSSR count). The number of hydrogen-bond donors (Lipinski definition) is 2. The SMILES string of the molecule is COc1ccc(Cl)c(-c2csc3ccc([C@]4(C)CC(=O)N(C)C(=N)N4)cc23)c1. The number of methoxy groups -OCH3 is 1. The standard InChI is InChI=1S/C21H20ClN3O2S/c1-21(10-19(26)25(2)20(23)24-21)12-4-7-18-15(8-12)16(11-28-18)14-9-13(27-3)5-6-17(14)22/h4-9,11H,10H2,1-3H3,(H2,23,24)/t21-/m0/s1. The highest BCUT2D eigenvalue weighted by Crippen LogP contribution is 2.41. The summed E-state index contributed by atoms with van der Waals surface area (Å²) < 4.78 is 6.49. The minimum atomic E-state index is -0.633. The van der Waals surface area contributed by atoms with Gasteiger partial charge in [0, 0.05) is 33.3 Å². The Morgan fingerprint density at radius 1 is 1.25 bits per heavy atom. The van der Waals surface area contributed by atoms with Crippen LogP contribution in [0.15, 0.2) is 41.8 Å². The molecule has 0 radical (unpaired) electrons. The Balaban J connectivity index is 1.83. The molecule has 1 atom stereocenters. The zero-order chi connectivity index (χ0) is 20.1. The second kappa shape index (κ2) is 6.79. The maximum absolute atomic E-state index is 12.3. The van der Waals surface area contributed by atoms with Gasteiger partial charge in [-0.1, -0.05) is 17.7 Å². The molecule has 2 heterocycles. The van der Waals surface area contributed by atoms with Gasteiger partial charge in [-0.25, -0.2) is 0 Å². The topological polar surface area (TPSA) is 65.4 Å². The molecule has 7 heteroatoms. The van der Waals surface area contributed by atoms with E-state index in [0.29, 0.717) is 5.02 Å². The molecular formula is C21H20ClN3O2S. The lowest BCUT2D eigenvalue weighted by Crippen LogP contribution is -2.58. The molecule has 0 aliphatic carbocycles. The van der Waals surface area contributed by atoms with Crippen molar-refractivity contribution in [2.75, 3.05) is 14.2 Å².